The lowest BCUT2D eigenvalue weighted by Crippen LogP contribution is -2.37. The average Bonchev–Trinajstić information content (AvgIpc) is 2.48. The lowest BCUT2D eigenvalue weighted by Gasteiger charge is -2.31. The molecule has 0 aromatic rings. The minimum absolute atomic E-state index is 0.330. The van der Waals surface area contributed by atoms with Gasteiger partial charge in [-0.3, -0.25) is 0 Å². The lowest BCUT2D eigenvalue weighted by molar-refractivity contribution is -0.117. The molecule has 20 heavy (non-hydrogen) atoms. The van der Waals surface area contributed by atoms with Gasteiger partial charge in [0.1, 0.15) is 5.78 Å². The van der Waals surface area contributed by atoms with Gasteiger partial charge in [-0.2, -0.15) is 0 Å². The zero-order chi connectivity index (χ0) is 15.2. The molecular weight excluding hydrogens is 250 g/mol. The molecule has 0 saturated carbocycles. The van der Waals surface area contributed by atoms with Crippen LogP contribution in [0, 0.1) is 0 Å². The third kappa shape index (κ3) is 10.4. The maximum absolute atomic E-state index is 10.8. The van der Waals surface area contributed by atoms with Crippen LogP contribution in [0.2, 0.25) is 0 Å². The molecular formula is C17H35NO2. The van der Waals surface area contributed by atoms with Gasteiger partial charge in [-0.05, 0) is 39.2 Å². The fourth-order valence-electron chi connectivity index (χ4n) is 2.61. The maximum Gasteiger partial charge on any atom is 0.129 e. The standard InChI is InChI=1S/C15H29NO2.C2H6/c1-14(17)8-6-4-3-5-7-11-16-12-9-15(18-2)10-13-16;1-2/h15H,3-13H2,1-2H3;1-2H3. The number of ether oxygens (including phenoxy) is 1. The topological polar surface area (TPSA) is 29.5 Å². The van der Waals surface area contributed by atoms with Crippen molar-refractivity contribution in [2.24, 2.45) is 0 Å². The van der Waals surface area contributed by atoms with Crippen LogP contribution in [0.1, 0.15) is 72.1 Å². The second-order valence-electron chi connectivity index (χ2n) is 5.50. The molecule has 0 aliphatic carbocycles. The molecule has 1 rings (SSSR count). The number of methoxy groups -OCH3 is 1. The van der Waals surface area contributed by atoms with E-state index in [1.165, 1.54) is 58.2 Å². The van der Waals surface area contributed by atoms with Gasteiger partial charge < -0.3 is 14.4 Å². The summed E-state index contributed by atoms with van der Waals surface area (Å²) < 4.78 is 5.37. The molecule has 0 aromatic heterocycles. The number of hydrogen-bond donors (Lipinski definition) is 0. The Morgan fingerprint density at radius 1 is 1.05 bits per heavy atom. The molecule has 0 N–H and O–H groups in total. The Labute approximate surface area is 126 Å². The first-order chi connectivity index (χ1) is 9.72. The Bertz CT molecular complexity index is 223. The van der Waals surface area contributed by atoms with Crippen LogP contribution in [0.3, 0.4) is 0 Å². The third-order valence-electron chi connectivity index (χ3n) is 3.87. The molecule has 0 spiro atoms. The van der Waals surface area contributed by atoms with Gasteiger partial charge in [-0.25, -0.2) is 0 Å². The molecule has 3 heteroatoms. The summed E-state index contributed by atoms with van der Waals surface area (Å²) in [6, 6.07) is 0. The Kier molecular flexibility index (Phi) is 13.3. The first-order valence-electron chi connectivity index (χ1n) is 8.47. The molecule has 0 aromatic carbocycles. The summed E-state index contributed by atoms with van der Waals surface area (Å²) in [7, 11) is 1.82. The molecule has 1 aliphatic rings. The molecule has 3 nitrogen and oxygen atoms in total. The normalized spacial score (nSPS) is 16.6. The number of nitrogens with zero attached hydrogens (tertiary/aromatic N) is 1. The molecule has 0 atom stereocenters. The average molecular weight is 285 g/mol. The molecule has 120 valence electrons. The van der Waals surface area contributed by atoms with E-state index in [1.54, 1.807) is 6.92 Å². The van der Waals surface area contributed by atoms with E-state index in [9.17, 15) is 4.79 Å². The predicted octanol–water partition coefficient (Wildman–Crippen LogP) is 4.05. The van der Waals surface area contributed by atoms with Crippen LogP contribution >= 0.6 is 0 Å². The highest BCUT2D eigenvalue weighted by molar-refractivity contribution is 5.75. The summed E-state index contributed by atoms with van der Waals surface area (Å²) >= 11 is 0. The molecule has 0 unspecified atom stereocenters. The number of Topliss-reactive ketones (excluding diaryl/α,β-unsaturated/α-hetero) is 1. The summed E-state index contributed by atoms with van der Waals surface area (Å²) in [5.41, 5.74) is 0. The zero-order valence-electron chi connectivity index (χ0n) is 14.1. The van der Waals surface area contributed by atoms with Gasteiger partial charge in [-0.15, -0.1) is 0 Å². The maximum atomic E-state index is 10.8. The highest BCUT2D eigenvalue weighted by Crippen LogP contribution is 2.14. The van der Waals surface area contributed by atoms with Gasteiger partial charge in [0.2, 0.25) is 0 Å². The Morgan fingerprint density at radius 2 is 1.60 bits per heavy atom. The van der Waals surface area contributed by atoms with Crippen molar-refractivity contribution in [3.63, 3.8) is 0 Å². The number of piperidine rings is 1. The summed E-state index contributed by atoms with van der Waals surface area (Å²) in [4.78, 5) is 13.3. The number of rotatable bonds is 9. The fraction of sp³-hybridized carbons (Fsp3) is 0.941. The summed E-state index contributed by atoms with van der Waals surface area (Å²) in [5.74, 6) is 0.330. The van der Waals surface area contributed by atoms with Gasteiger partial charge in [0.05, 0.1) is 6.10 Å². The SMILES string of the molecule is CC.COC1CCN(CCCCCCCC(C)=O)CC1. The monoisotopic (exact) mass is 285 g/mol. The second-order valence-corrected chi connectivity index (χ2v) is 5.50. The van der Waals surface area contributed by atoms with E-state index in [0.717, 1.165) is 12.8 Å². The Hall–Kier alpha value is -0.410. The second kappa shape index (κ2) is 13.6. The molecule has 1 saturated heterocycles. The van der Waals surface area contributed by atoms with Gasteiger partial charge in [-0.1, -0.05) is 33.1 Å². The van der Waals surface area contributed by atoms with Crippen molar-refractivity contribution in [2.45, 2.75) is 78.2 Å². The first kappa shape index (κ1) is 19.6. The van der Waals surface area contributed by atoms with Gasteiger partial charge >= 0.3 is 0 Å². The zero-order valence-corrected chi connectivity index (χ0v) is 14.1. The van der Waals surface area contributed by atoms with Crippen molar-refractivity contribution >= 4 is 5.78 Å². The molecule has 1 fully saturated rings. The van der Waals surface area contributed by atoms with Crippen molar-refractivity contribution in [3.05, 3.63) is 0 Å². The summed E-state index contributed by atoms with van der Waals surface area (Å²) in [6.45, 7) is 9.32. The van der Waals surface area contributed by atoms with E-state index in [4.69, 9.17) is 4.74 Å². The number of unbranched alkanes of at least 4 members (excludes halogenated alkanes) is 4. The number of hydrogen-bond acceptors (Lipinski definition) is 3. The van der Waals surface area contributed by atoms with E-state index < -0.39 is 0 Å². The predicted molar refractivity (Wildman–Crippen MR) is 86.2 cm³/mol. The largest absolute Gasteiger partial charge is 0.381 e. The number of carbonyl (C=O) groups is 1. The van der Waals surface area contributed by atoms with Gasteiger partial charge in [0.25, 0.3) is 0 Å². The molecule has 1 heterocycles. The molecule has 0 radical (unpaired) electrons. The van der Waals surface area contributed by atoms with E-state index in [-0.39, 0.29) is 0 Å². The minimum atomic E-state index is 0.330. The van der Waals surface area contributed by atoms with Crippen molar-refractivity contribution < 1.29 is 9.53 Å². The number of carbonyl (C=O) groups excluding carboxylic acids is 1. The van der Waals surface area contributed by atoms with E-state index in [0.29, 0.717) is 11.9 Å². The van der Waals surface area contributed by atoms with Crippen molar-refractivity contribution in [1.29, 1.82) is 0 Å². The van der Waals surface area contributed by atoms with Crippen LogP contribution in [-0.2, 0) is 9.53 Å². The molecule has 1 aliphatic heterocycles. The van der Waals surface area contributed by atoms with Crippen LogP contribution in [0.4, 0.5) is 0 Å². The van der Waals surface area contributed by atoms with Crippen LogP contribution in [0.25, 0.3) is 0 Å². The van der Waals surface area contributed by atoms with Gasteiger partial charge in [0, 0.05) is 26.6 Å². The van der Waals surface area contributed by atoms with Crippen molar-refractivity contribution in [1.82, 2.24) is 4.90 Å². The molecule has 0 bridgehead atoms. The third-order valence-corrected chi connectivity index (χ3v) is 3.87. The quantitative estimate of drug-likeness (QED) is 0.598. The van der Waals surface area contributed by atoms with Crippen LogP contribution in [0.5, 0.6) is 0 Å². The number of ketones is 1. The highest BCUT2D eigenvalue weighted by Gasteiger charge is 2.17. The summed E-state index contributed by atoms with van der Waals surface area (Å²) in [5, 5.41) is 0. The Morgan fingerprint density at radius 3 is 2.15 bits per heavy atom. The van der Waals surface area contributed by atoms with Gasteiger partial charge in [0.15, 0.2) is 0 Å². The van der Waals surface area contributed by atoms with Crippen LogP contribution in [0.15, 0.2) is 0 Å². The molecule has 0 amide bonds. The fourth-order valence-corrected chi connectivity index (χ4v) is 2.61. The Balaban J connectivity index is 0.00000172. The van der Waals surface area contributed by atoms with Crippen LogP contribution in [-0.4, -0.2) is 43.5 Å². The van der Waals surface area contributed by atoms with E-state index in [2.05, 4.69) is 4.90 Å². The minimum Gasteiger partial charge on any atom is -0.381 e. The summed E-state index contributed by atoms with van der Waals surface area (Å²) in [6.07, 6.45) is 9.82. The van der Waals surface area contributed by atoms with E-state index in [1.807, 2.05) is 21.0 Å². The van der Waals surface area contributed by atoms with E-state index >= 15 is 0 Å². The first-order valence-corrected chi connectivity index (χ1v) is 8.47. The van der Waals surface area contributed by atoms with Crippen molar-refractivity contribution in [3.8, 4) is 0 Å². The smallest absolute Gasteiger partial charge is 0.129 e. The number of likely N-dealkylation sites (tertiary alicyclic amines) is 1. The van der Waals surface area contributed by atoms with Crippen molar-refractivity contribution in [2.75, 3.05) is 26.7 Å². The highest BCUT2D eigenvalue weighted by atomic mass is 16.5. The lowest BCUT2D eigenvalue weighted by atomic mass is 10.1. The van der Waals surface area contributed by atoms with Crippen LogP contribution < -0.4 is 0 Å².